The van der Waals surface area contributed by atoms with Crippen molar-refractivity contribution in [2.75, 3.05) is 0 Å². The molecule has 0 N–H and O–H groups in total. The molecule has 0 spiro atoms. The van der Waals surface area contributed by atoms with E-state index in [-0.39, 0.29) is 0 Å². The van der Waals surface area contributed by atoms with E-state index in [2.05, 4.69) is 78.3 Å². The number of benzene rings is 1. The zero-order valence-corrected chi connectivity index (χ0v) is 12.3. The summed E-state index contributed by atoms with van der Waals surface area (Å²) in [6.07, 6.45) is 19.9. The molecule has 2 aliphatic carbocycles. The molecule has 0 saturated heterocycles. The molecule has 0 fully saturated rings. The van der Waals surface area contributed by atoms with Gasteiger partial charge in [0.05, 0.1) is 6.04 Å². The van der Waals surface area contributed by atoms with Crippen LogP contribution in [-0.4, -0.2) is 4.57 Å². The fourth-order valence-electron chi connectivity index (χ4n) is 3.43. The predicted molar refractivity (Wildman–Crippen MR) is 90.5 cm³/mol. The van der Waals surface area contributed by atoms with Crippen molar-refractivity contribution in [2.45, 2.75) is 25.8 Å². The third-order valence-corrected chi connectivity index (χ3v) is 4.38. The number of aryl methyl sites for hydroxylation is 1. The first kappa shape index (κ1) is 12.5. The van der Waals surface area contributed by atoms with Gasteiger partial charge in [0, 0.05) is 22.2 Å². The van der Waals surface area contributed by atoms with Gasteiger partial charge in [0.1, 0.15) is 0 Å². The molecule has 21 heavy (non-hydrogen) atoms. The molecule has 1 aromatic carbocycles. The molecule has 4 rings (SSSR count). The van der Waals surface area contributed by atoms with Crippen LogP contribution in [0.15, 0.2) is 60.7 Å². The monoisotopic (exact) mass is 273 g/mol. The number of allylic oxidation sites excluding steroid dienone is 7. The van der Waals surface area contributed by atoms with E-state index < -0.39 is 0 Å². The maximum absolute atomic E-state index is 2.51. The van der Waals surface area contributed by atoms with Gasteiger partial charge in [-0.25, -0.2) is 0 Å². The van der Waals surface area contributed by atoms with Crippen molar-refractivity contribution in [3.05, 3.63) is 77.6 Å². The van der Waals surface area contributed by atoms with E-state index in [0.717, 1.165) is 12.8 Å². The lowest BCUT2D eigenvalue weighted by Crippen LogP contribution is -2.09. The first-order valence-corrected chi connectivity index (χ1v) is 7.66. The van der Waals surface area contributed by atoms with Gasteiger partial charge < -0.3 is 4.57 Å². The Hall–Kier alpha value is -2.28. The molecule has 1 nitrogen and oxygen atoms in total. The average molecular weight is 273 g/mol. The topological polar surface area (TPSA) is 4.93 Å². The van der Waals surface area contributed by atoms with Crippen molar-refractivity contribution in [2.24, 2.45) is 0 Å². The highest BCUT2D eigenvalue weighted by molar-refractivity contribution is 5.92. The van der Waals surface area contributed by atoms with E-state index in [9.17, 15) is 0 Å². The SMILES string of the molecule is Cc1ccc2c(c1)c1c(n2C2C=CC=CC=C2)CCC=C1. The van der Waals surface area contributed by atoms with Crippen LogP contribution in [0, 0.1) is 6.92 Å². The van der Waals surface area contributed by atoms with Crippen molar-refractivity contribution >= 4 is 17.0 Å². The van der Waals surface area contributed by atoms with E-state index in [1.54, 1.807) is 0 Å². The van der Waals surface area contributed by atoms with Crippen molar-refractivity contribution < 1.29 is 0 Å². The van der Waals surface area contributed by atoms with E-state index in [4.69, 9.17) is 0 Å². The fourth-order valence-corrected chi connectivity index (χ4v) is 3.43. The molecule has 2 aliphatic rings. The molecule has 0 atom stereocenters. The second-order valence-corrected chi connectivity index (χ2v) is 5.84. The zero-order valence-electron chi connectivity index (χ0n) is 12.3. The second-order valence-electron chi connectivity index (χ2n) is 5.84. The molecule has 0 saturated carbocycles. The second kappa shape index (κ2) is 4.92. The Morgan fingerprint density at radius 2 is 1.86 bits per heavy atom. The Kier molecular flexibility index (Phi) is 2.92. The third-order valence-electron chi connectivity index (χ3n) is 4.38. The van der Waals surface area contributed by atoms with Crippen LogP contribution in [-0.2, 0) is 6.42 Å². The molecule has 2 aromatic rings. The van der Waals surface area contributed by atoms with E-state index in [0.29, 0.717) is 6.04 Å². The summed E-state index contributed by atoms with van der Waals surface area (Å²) < 4.78 is 2.51. The smallest absolute Gasteiger partial charge is 0.0709 e. The van der Waals surface area contributed by atoms with Crippen LogP contribution in [0.4, 0.5) is 0 Å². The number of nitrogens with zero attached hydrogens (tertiary/aromatic N) is 1. The minimum atomic E-state index is 0.306. The van der Waals surface area contributed by atoms with Gasteiger partial charge in [-0.05, 0) is 31.9 Å². The van der Waals surface area contributed by atoms with Gasteiger partial charge in [-0.3, -0.25) is 0 Å². The molecule has 0 unspecified atom stereocenters. The van der Waals surface area contributed by atoms with E-state index in [1.165, 1.54) is 27.7 Å². The van der Waals surface area contributed by atoms with E-state index >= 15 is 0 Å². The van der Waals surface area contributed by atoms with Crippen LogP contribution < -0.4 is 0 Å². The summed E-state index contributed by atoms with van der Waals surface area (Å²) in [4.78, 5) is 0. The Labute approximate surface area is 125 Å². The van der Waals surface area contributed by atoms with Crippen molar-refractivity contribution in [1.82, 2.24) is 4.57 Å². The minimum Gasteiger partial charge on any atom is -0.334 e. The van der Waals surface area contributed by atoms with Crippen LogP contribution in [0.1, 0.15) is 29.3 Å². The highest BCUT2D eigenvalue weighted by atomic mass is 15.0. The molecule has 1 heteroatoms. The van der Waals surface area contributed by atoms with Gasteiger partial charge >= 0.3 is 0 Å². The lowest BCUT2D eigenvalue weighted by Gasteiger charge is -2.18. The normalized spacial score (nSPS) is 17.4. The minimum absolute atomic E-state index is 0.306. The molecule has 0 bridgehead atoms. The van der Waals surface area contributed by atoms with Gasteiger partial charge in [-0.1, -0.05) is 60.2 Å². The van der Waals surface area contributed by atoms with Crippen molar-refractivity contribution in [3.63, 3.8) is 0 Å². The number of rotatable bonds is 1. The first-order chi connectivity index (χ1) is 10.3. The van der Waals surface area contributed by atoms with Crippen molar-refractivity contribution in [3.8, 4) is 0 Å². The maximum Gasteiger partial charge on any atom is 0.0709 e. The summed E-state index contributed by atoms with van der Waals surface area (Å²) in [7, 11) is 0. The molecule has 1 aromatic heterocycles. The highest BCUT2D eigenvalue weighted by Gasteiger charge is 2.20. The van der Waals surface area contributed by atoms with Gasteiger partial charge in [0.15, 0.2) is 0 Å². The van der Waals surface area contributed by atoms with Gasteiger partial charge in [0.2, 0.25) is 0 Å². The molecule has 1 heterocycles. The van der Waals surface area contributed by atoms with Crippen LogP contribution in [0.3, 0.4) is 0 Å². The lowest BCUT2D eigenvalue weighted by atomic mass is 10.0. The first-order valence-electron chi connectivity index (χ1n) is 7.66. The predicted octanol–water partition coefficient (Wildman–Crippen LogP) is 5.13. The van der Waals surface area contributed by atoms with Crippen LogP contribution >= 0.6 is 0 Å². The molecule has 0 amide bonds. The van der Waals surface area contributed by atoms with Gasteiger partial charge in [0.25, 0.3) is 0 Å². The van der Waals surface area contributed by atoms with Crippen LogP contribution in [0.2, 0.25) is 0 Å². The Bertz CT molecular complexity index is 796. The quantitative estimate of drug-likeness (QED) is 0.678. The zero-order chi connectivity index (χ0) is 14.2. The lowest BCUT2D eigenvalue weighted by molar-refractivity contribution is 0.697. The summed E-state index contributed by atoms with van der Waals surface area (Å²) in [6, 6.07) is 7.12. The molecular weight excluding hydrogens is 254 g/mol. The van der Waals surface area contributed by atoms with Crippen LogP contribution in [0.25, 0.3) is 17.0 Å². The Balaban J connectivity index is 2.02. The van der Waals surface area contributed by atoms with Crippen molar-refractivity contribution in [1.29, 1.82) is 0 Å². The molecular formula is C20H19N. The van der Waals surface area contributed by atoms with E-state index in [1.807, 2.05) is 0 Å². The number of hydrogen-bond donors (Lipinski definition) is 0. The largest absolute Gasteiger partial charge is 0.334 e. The third kappa shape index (κ3) is 2.01. The summed E-state index contributed by atoms with van der Waals surface area (Å²) in [5, 5.41) is 1.39. The highest BCUT2D eigenvalue weighted by Crippen LogP contribution is 2.35. The maximum atomic E-state index is 2.51. The van der Waals surface area contributed by atoms with Gasteiger partial charge in [-0.15, -0.1) is 0 Å². The average Bonchev–Trinajstić information content (AvgIpc) is 2.67. The van der Waals surface area contributed by atoms with Crippen LogP contribution in [0.5, 0.6) is 0 Å². The summed E-state index contributed by atoms with van der Waals surface area (Å²) in [5.41, 5.74) is 5.56. The number of fused-ring (bicyclic) bond motifs is 3. The molecule has 0 radical (unpaired) electrons. The number of aromatic nitrogens is 1. The number of hydrogen-bond acceptors (Lipinski definition) is 0. The summed E-state index contributed by atoms with van der Waals surface area (Å²) in [6.45, 7) is 2.17. The summed E-state index contributed by atoms with van der Waals surface area (Å²) in [5.74, 6) is 0. The Morgan fingerprint density at radius 1 is 1.05 bits per heavy atom. The standard InChI is InChI=1S/C20H19N/c1-15-12-13-20-18(14-15)17-10-6-7-11-19(17)21(20)16-8-4-2-3-5-9-16/h2-6,8-10,12-14,16H,7,11H2,1H3. The molecule has 104 valence electrons. The fraction of sp³-hybridized carbons (Fsp3) is 0.200. The molecule has 0 aliphatic heterocycles. The Morgan fingerprint density at radius 3 is 2.67 bits per heavy atom. The summed E-state index contributed by atoms with van der Waals surface area (Å²) >= 11 is 0. The van der Waals surface area contributed by atoms with Gasteiger partial charge in [-0.2, -0.15) is 0 Å².